The maximum atomic E-state index is 6.38. The standard InChI is InChI=1S/C18H19B2ClN5O/c1-27-20-25-8-4-5-12(11-25)23-17-9-16(13-6-2-3-7-15(13)21)24-18-14(19)10-22-26(17)18/h2-3,6-7,9-10,12,23H,4-5,8,11H2,1H3. The Morgan fingerprint density at radius 3 is 3.04 bits per heavy atom. The first-order valence-electron chi connectivity index (χ1n) is 8.91. The summed E-state index contributed by atoms with van der Waals surface area (Å²) in [5.41, 5.74) is 2.78. The van der Waals surface area contributed by atoms with Gasteiger partial charge in [-0.05, 0) is 30.9 Å². The molecular weight excluding hydrogens is 359 g/mol. The molecule has 0 aliphatic carbocycles. The smallest absolute Gasteiger partial charge is 0.398 e. The van der Waals surface area contributed by atoms with Gasteiger partial charge in [-0.1, -0.05) is 29.8 Å². The molecule has 6 nitrogen and oxygen atoms in total. The van der Waals surface area contributed by atoms with Crippen LogP contribution in [0.25, 0.3) is 16.9 Å². The number of nitrogens with zero attached hydrogens (tertiary/aromatic N) is 4. The number of nitrogens with one attached hydrogen (secondary N) is 1. The zero-order chi connectivity index (χ0) is 18.8. The molecule has 2 aromatic heterocycles. The highest BCUT2D eigenvalue weighted by Crippen LogP contribution is 2.28. The van der Waals surface area contributed by atoms with Gasteiger partial charge in [-0.2, -0.15) is 9.61 Å². The van der Waals surface area contributed by atoms with E-state index in [1.165, 1.54) is 0 Å². The summed E-state index contributed by atoms with van der Waals surface area (Å²) in [5, 5.41) is 8.63. The van der Waals surface area contributed by atoms with E-state index in [1.807, 2.05) is 30.3 Å². The molecule has 1 aliphatic rings. The summed E-state index contributed by atoms with van der Waals surface area (Å²) in [6, 6.07) is 9.89. The van der Waals surface area contributed by atoms with Crippen LogP contribution < -0.4 is 10.8 Å². The first-order valence-corrected chi connectivity index (χ1v) is 9.29. The molecule has 0 amide bonds. The second kappa shape index (κ2) is 7.92. The number of benzene rings is 1. The number of halogens is 1. The number of hydrogen-bond donors (Lipinski definition) is 1. The van der Waals surface area contributed by atoms with Crippen LogP contribution in [0.15, 0.2) is 36.5 Å². The van der Waals surface area contributed by atoms with E-state index in [1.54, 1.807) is 25.4 Å². The molecule has 1 unspecified atom stereocenters. The van der Waals surface area contributed by atoms with Gasteiger partial charge >= 0.3 is 7.62 Å². The van der Waals surface area contributed by atoms with Crippen molar-refractivity contribution in [2.45, 2.75) is 18.9 Å². The highest BCUT2D eigenvalue weighted by Gasteiger charge is 2.22. The summed E-state index contributed by atoms with van der Waals surface area (Å²) < 4.78 is 6.90. The first-order chi connectivity index (χ1) is 13.2. The molecule has 3 radical (unpaired) electrons. The molecule has 27 heavy (non-hydrogen) atoms. The van der Waals surface area contributed by atoms with E-state index in [-0.39, 0.29) is 6.04 Å². The Hall–Kier alpha value is -2.02. The minimum atomic E-state index is 0.264. The maximum Gasteiger partial charge on any atom is 0.398 e. The Kier molecular flexibility index (Phi) is 5.38. The minimum Gasteiger partial charge on any atom is -0.427 e. The molecule has 0 spiro atoms. The van der Waals surface area contributed by atoms with E-state index in [0.717, 1.165) is 43.0 Å². The van der Waals surface area contributed by atoms with Gasteiger partial charge in [0.15, 0.2) is 5.65 Å². The largest absolute Gasteiger partial charge is 0.427 e. The van der Waals surface area contributed by atoms with Gasteiger partial charge in [0.05, 0.1) is 5.69 Å². The molecule has 1 aromatic carbocycles. The zero-order valence-electron chi connectivity index (χ0n) is 15.1. The van der Waals surface area contributed by atoms with E-state index in [9.17, 15) is 0 Å². The van der Waals surface area contributed by atoms with E-state index >= 15 is 0 Å². The van der Waals surface area contributed by atoms with Gasteiger partial charge in [0.2, 0.25) is 0 Å². The van der Waals surface area contributed by atoms with E-state index in [4.69, 9.17) is 24.1 Å². The van der Waals surface area contributed by atoms with Crippen LogP contribution in [0.4, 0.5) is 5.82 Å². The van der Waals surface area contributed by atoms with Crippen molar-refractivity contribution >= 4 is 44.0 Å². The number of piperidine rings is 1. The van der Waals surface area contributed by atoms with Gasteiger partial charge in [0.25, 0.3) is 0 Å². The third-order valence-corrected chi connectivity index (χ3v) is 5.04. The third-order valence-electron chi connectivity index (χ3n) is 4.71. The average molecular weight is 378 g/mol. The number of fused-ring (bicyclic) bond motifs is 1. The van der Waals surface area contributed by atoms with Crippen LogP contribution in [0.1, 0.15) is 12.8 Å². The topological polar surface area (TPSA) is 54.7 Å². The number of aromatic nitrogens is 3. The molecule has 1 fully saturated rings. The van der Waals surface area contributed by atoms with Crippen LogP contribution in [-0.4, -0.2) is 61.1 Å². The predicted octanol–water partition coefficient (Wildman–Crippen LogP) is 1.90. The fourth-order valence-electron chi connectivity index (χ4n) is 3.47. The van der Waals surface area contributed by atoms with Crippen LogP contribution in [0.3, 0.4) is 0 Å². The fraction of sp³-hybridized carbons (Fsp3) is 0.333. The fourth-order valence-corrected chi connectivity index (χ4v) is 3.70. The zero-order valence-corrected chi connectivity index (χ0v) is 15.9. The van der Waals surface area contributed by atoms with Gasteiger partial charge in [-0.25, -0.2) is 4.98 Å². The minimum absolute atomic E-state index is 0.264. The van der Waals surface area contributed by atoms with E-state index in [2.05, 4.69) is 20.2 Å². The van der Waals surface area contributed by atoms with Crippen molar-refractivity contribution in [2.75, 3.05) is 25.5 Å². The Morgan fingerprint density at radius 2 is 2.22 bits per heavy atom. The molecule has 4 rings (SSSR count). The molecule has 1 N–H and O–H groups in total. The summed E-state index contributed by atoms with van der Waals surface area (Å²) in [4.78, 5) is 6.85. The maximum absolute atomic E-state index is 6.38. The van der Waals surface area contributed by atoms with Crippen molar-refractivity contribution < 1.29 is 4.65 Å². The van der Waals surface area contributed by atoms with Crippen LogP contribution in [0, 0.1) is 0 Å². The van der Waals surface area contributed by atoms with Crippen molar-refractivity contribution in [3.8, 4) is 11.3 Å². The molecule has 1 saturated heterocycles. The van der Waals surface area contributed by atoms with Crippen molar-refractivity contribution in [3.05, 3.63) is 41.6 Å². The quantitative estimate of drug-likeness (QED) is 0.688. The Balaban J connectivity index is 1.70. The number of rotatable bonds is 5. The Morgan fingerprint density at radius 1 is 1.37 bits per heavy atom. The Labute approximate surface area is 165 Å². The molecule has 0 bridgehead atoms. The lowest BCUT2D eigenvalue weighted by atomic mass is 10.00. The van der Waals surface area contributed by atoms with Gasteiger partial charge in [-0.3, -0.25) is 0 Å². The third kappa shape index (κ3) is 3.83. The molecule has 9 heteroatoms. The number of anilines is 1. The van der Waals surface area contributed by atoms with Crippen molar-refractivity contribution in [3.63, 3.8) is 0 Å². The lowest BCUT2D eigenvalue weighted by Gasteiger charge is -2.32. The van der Waals surface area contributed by atoms with Crippen LogP contribution in [-0.2, 0) is 4.65 Å². The van der Waals surface area contributed by atoms with Crippen LogP contribution in [0.5, 0.6) is 0 Å². The van der Waals surface area contributed by atoms with E-state index < -0.39 is 0 Å². The molecular formula is C18H19B2ClN5O. The van der Waals surface area contributed by atoms with Gasteiger partial charge in [0, 0.05) is 42.5 Å². The molecule has 3 aromatic rings. The van der Waals surface area contributed by atoms with Crippen LogP contribution in [0.2, 0.25) is 5.02 Å². The van der Waals surface area contributed by atoms with Gasteiger partial charge < -0.3 is 14.8 Å². The molecule has 135 valence electrons. The van der Waals surface area contributed by atoms with Gasteiger partial charge in [-0.15, -0.1) is 0 Å². The molecule has 1 aliphatic heterocycles. The summed E-state index contributed by atoms with van der Waals surface area (Å²) in [7, 11) is 9.54. The van der Waals surface area contributed by atoms with Crippen LogP contribution >= 0.6 is 11.6 Å². The summed E-state index contributed by atoms with van der Waals surface area (Å²) in [6.45, 7) is 1.85. The van der Waals surface area contributed by atoms with Crippen molar-refractivity contribution in [1.82, 2.24) is 19.4 Å². The first kappa shape index (κ1) is 18.3. The molecule has 3 heterocycles. The molecule has 1 atom stereocenters. The highest BCUT2D eigenvalue weighted by molar-refractivity contribution is 6.36. The summed E-state index contributed by atoms with van der Waals surface area (Å²) in [6.07, 6.45) is 3.77. The highest BCUT2D eigenvalue weighted by atomic mass is 35.5. The van der Waals surface area contributed by atoms with Crippen molar-refractivity contribution in [2.24, 2.45) is 0 Å². The normalized spacial score (nSPS) is 17.9. The monoisotopic (exact) mass is 378 g/mol. The lowest BCUT2D eigenvalue weighted by molar-refractivity contribution is 0.285. The van der Waals surface area contributed by atoms with E-state index in [0.29, 0.717) is 16.1 Å². The Bertz CT molecular complexity index is 949. The van der Waals surface area contributed by atoms with Gasteiger partial charge in [0.1, 0.15) is 13.7 Å². The number of hydrogen-bond acceptors (Lipinski definition) is 5. The lowest BCUT2D eigenvalue weighted by Crippen LogP contribution is -2.44. The summed E-state index contributed by atoms with van der Waals surface area (Å²) in [5.74, 6) is 0.843. The molecule has 0 saturated carbocycles. The average Bonchev–Trinajstić information content (AvgIpc) is 3.04. The second-order valence-electron chi connectivity index (χ2n) is 6.66. The van der Waals surface area contributed by atoms with Crippen molar-refractivity contribution in [1.29, 1.82) is 0 Å². The SMILES string of the molecule is [B]c1cnn2c(NC3CCCN([B]OC)C3)cc(-c3ccccc3Cl)nc12. The summed E-state index contributed by atoms with van der Waals surface area (Å²) >= 11 is 6.38. The predicted molar refractivity (Wildman–Crippen MR) is 110 cm³/mol. The second-order valence-corrected chi connectivity index (χ2v) is 7.07.